The van der Waals surface area contributed by atoms with Crippen LogP contribution in [0.1, 0.15) is 41.4 Å². The number of aliphatic hydroxyl groups excluding tert-OH is 1. The maximum atomic E-state index is 14.8. The smallest absolute Gasteiger partial charge is 0.166 e. The molecular formula is C30H25F3O2. The quantitative estimate of drug-likeness (QED) is 0.284. The molecule has 5 rings (SSSR count). The fraction of sp³-hybridized carbons (Fsp3) is 0.200. The van der Waals surface area contributed by atoms with Crippen LogP contribution in [0.25, 0.3) is 22.3 Å². The third-order valence-electron chi connectivity index (χ3n) is 6.51. The molecule has 4 aromatic rings. The Balaban J connectivity index is 1.27. The van der Waals surface area contributed by atoms with Crippen molar-refractivity contribution in [2.75, 3.05) is 6.61 Å². The van der Waals surface area contributed by atoms with Gasteiger partial charge in [-0.15, -0.1) is 0 Å². The maximum absolute atomic E-state index is 14.8. The Kier molecular flexibility index (Phi) is 6.46. The van der Waals surface area contributed by atoms with Gasteiger partial charge in [-0.1, -0.05) is 72.8 Å². The number of rotatable bonds is 7. The molecule has 0 aliphatic carbocycles. The third kappa shape index (κ3) is 5.02. The summed E-state index contributed by atoms with van der Waals surface area (Å²) in [6.45, 7) is 2.29. The predicted molar refractivity (Wildman–Crippen MR) is 130 cm³/mol. The molecule has 1 aliphatic rings. The summed E-state index contributed by atoms with van der Waals surface area (Å²) in [5, 5.41) is 9.63. The van der Waals surface area contributed by atoms with Crippen molar-refractivity contribution in [3.63, 3.8) is 0 Å². The van der Waals surface area contributed by atoms with Gasteiger partial charge in [0.15, 0.2) is 11.6 Å². The van der Waals surface area contributed by atoms with E-state index in [1.54, 1.807) is 49.4 Å². The second-order valence-corrected chi connectivity index (χ2v) is 8.96. The molecule has 2 nitrogen and oxygen atoms in total. The SMILES string of the molecule is CC(O)c1ccc(-c2ccc(CCc3ccc(-c4ccc(C5CO5)cc4F)cc3)c(F)c2F)cc1. The summed E-state index contributed by atoms with van der Waals surface area (Å²) >= 11 is 0. The Hall–Kier alpha value is -3.41. The van der Waals surface area contributed by atoms with Gasteiger partial charge in [0, 0.05) is 11.1 Å². The molecule has 5 heteroatoms. The molecule has 0 bridgehead atoms. The lowest BCUT2D eigenvalue weighted by atomic mass is 9.96. The molecule has 178 valence electrons. The summed E-state index contributed by atoms with van der Waals surface area (Å²) in [6, 6.07) is 22.6. The maximum Gasteiger partial charge on any atom is 0.166 e. The molecule has 2 unspecified atom stereocenters. The van der Waals surface area contributed by atoms with Gasteiger partial charge in [0.1, 0.15) is 11.9 Å². The first-order valence-corrected chi connectivity index (χ1v) is 11.7. The lowest BCUT2D eigenvalue weighted by molar-refractivity contribution is 0.199. The molecule has 0 aromatic heterocycles. The molecule has 1 aliphatic heterocycles. The van der Waals surface area contributed by atoms with E-state index in [-0.39, 0.29) is 17.5 Å². The number of benzene rings is 4. The van der Waals surface area contributed by atoms with E-state index in [1.807, 2.05) is 30.3 Å². The van der Waals surface area contributed by atoms with Crippen molar-refractivity contribution in [3.8, 4) is 22.3 Å². The Morgan fingerprint density at radius 3 is 2.06 bits per heavy atom. The van der Waals surface area contributed by atoms with E-state index in [2.05, 4.69) is 0 Å². The van der Waals surface area contributed by atoms with Crippen LogP contribution in [-0.2, 0) is 17.6 Å². The average molecular weight is 475 g/mol. The molecule has 0 amide bonds. The van der Waals surface area contributed by atoms with Crippen LogP contribution in [0, 0.1) is 17.5 Å². The topological polar surface area (TPSA) is 32.8 Å². The number of aryl methyl sites for hydroxylation is 2. The number of epoxide rings is 1. The summed E-state index contributed by atoms with van der Waals surface area (Å²) in [6.07, 6.45) is 0.257. The van der Waals surface area contributed by atoms with Gasteiger partial charge >= 0.3 is 0 Å². The Labute approximate surface area is 202 Å². The van der Waals surface area contributed by atoms with Gasteiger partial charge in [0.2, 0.25) is 0 Å². The molecule has 35 heavy (non-hydrogen) atoms. The first-order chi connectivity index (χ1) is 16.9. The predicted octanol–water partition coefficient (Wildman–Crippen LogP) is 7.35. The molecule has 1 heterocycles. The van der Waals surface area contributed by atoms with Crippen LogP contribution < -0.4 is 0 Å². The molecule has 4 aromatic carbocycles. The van der Waals surface area contributed by atoms with E-state index in [1.165, 1.54) is 6.07 Å². The van der Waals surface area contributed by atoms with Crippen LogP contribution in [0.15, 0.2) is 78.9 Å². The van der Waals surface area contributed by atoms with Gasteiger partial charge in [-0.2, -0.15) is 0 Å². The average Bonchev–Trinajstić information content (AvgIpc) is 3.71. The standard InChI is InChI=1S/C30H25F3O2/c1-18(34)20-8-10-22(11-9-20)26-15-12-23(29(32)30(26)33)7-4-19-2-5-21(6-3-19)25-14-13-24(16-27(25)31)28-17-35-28/h2-3,5-6,8-16,18,28,34H,4,7,17H2,1H3. The van der Waals surface area contributed by atoms with Crippen molar-refractivity contribution in [2.24, 2.45) is 0 Å². The minimum atomic E-state index is -0.877. The van der Waals surface area contributed by atoms with Gasteiger partial charge in [-0.3, -0.25) is 0 Å². The van der Waals surface area contributed by atoms with Gasteiger partial charge in [0.05, 0.1) is 12.7 Å². The largest absolute Gasteiger partial charge is 0.389 e. The monoisotopic (exact) mass is 474 g/mol. The van der Waals surface area contributed by atoms with E-state index in [4.69, 9.17) is 4.74 Å². The zero-order chi connectivity index (χ0) is 24.5. The number of ether oxygens (including phenoxy) is 1. The van der Waals surface area contributed by atoms with Crippen molar-refractivity contribution in [3.05, 3.63) is 119 Å². The Bertz CT molecular complexity index is 1340. The Morgan fingerprint density at radius 2 is 1.43 bits per heavy atom. The first kappa shape index (κ1) is 23.3. The van der Waals surface area contributed by atoms with E-state index in [9.17, 15) is 18.3 Å². The van der Waals surface area contributed by atoms with Gasteiger partial charge in [0.25, 0.3) is 0 Å². The van der Waals surface area contributed by atoms with Crippen LogP contribution in [0.4, 0.5) is 13.2 Å². The molecule has 0 radical (unpaired) electrons. The lowest BCUT2D eigenvalue weighted by Crippen LogP contribution is -2.00. The summed E-state index contributed by atoms with van der Waals surface area (Å²) in [7, 11) is 0. The van der Waals surface area contributed by atoms with E-state index < -0.39 is 17.7 Å². The molecule has 0 saturated carbocycles. The van der Waals surface area contributed by atoms with Crippen molar-refractivity contribution < 1.29 is 23.0 Å². The van der Waals surface area contributed by atoms with Crippen LogP contribution in [-0.4, -0.2) is 11.7 Å². The molecule has 0 spiro atoms. The number of hydrogen-bond acceptors (Lipinski definition) is 2. The van der Waals surface area contributed by atoms with Crippen LogP contribution >= 0.6 is 0 Å². The first-order valence-electron chi connectivity index (χ1n) is 11.7. The fourth-order valence-corrected chi connectivity index (χ4v) is 4.28. The van der Waals surface area contributed by atoms with E-state index in [0.717, 1.165) is 16.7 Å². The van der Waals surface area contributed by atoms with Gasteiger partial charge in [-0.05, 0) is 59.2 Å². The van der Waals surface area contributed by atoms with Crippen molar-refractivity contribution in [1.82, 2.24) is 0 Å². The summed E-state index contributed by atoms with van der Waals surface area (Å²) in [5.41, 5.74) is 4.84. The number of halogens is 3. The molecule has 1 N–H and O–H groups in total. The van der Waals surface area contributed by atoms with Crippen LogP contribution in [0.2, 0.25) is 0 Å². The summed E-state index contributed by atoms with van der Waals surface area (Å²) in [5.74, 6) is -2.01. The highest BCUT2D eigenvalue weighted by molar-refractivity contribution is 5.66. The molecule has 1 fully saturated rings. The van der Waals surface area contributed by atoms with E-state index >= 15 is 0 Å². The summed E-state index contributed by atoms with van der Waals surface area (Å²) < 4.78 is 49.4. The fourth-order valence-electron chi connectivity index (χ4n) is 4.28. The van der Waals surface area contributed by atoms with Crippen molar-refractivity contribution >= 4 is 0 Å². The van der Waals surface area contributed by atoms with Gasteiger partial charge in [-0.25, -0.2) is 13.2 Å². The zero-order valence-corrected chi connectivity index (χ0v) is 19.3. The van der Waals surface area contributed by atoms with Crippen molar-refractivity contribution in [1.29, 1.82) is 0 Å². The highest BCUT2D eigenvalue weighted by Crippen LogP contribution is 2.33. The minimum Gasteiger partial charge on any atom is -0.389 e. The third-order valence-corrected chi connectivity index (χ3v) is 6.51. The zero-order valence-electron chi connectivity index (χ0n) is 19.3. The molecule has 2 atom stereocenters. The normalized spacial score (nSPS) is 15.7. The Morgan fingerprint density at radius 1 is 0.800 bits per heavy atom. The van der Waals surface area contributed by atoms with Crippen LogP contribution in [0.3, 0.4) is 0 Å². The highest BCUT2D eigenvalue weighted by Gasteiger charge is 2.25. The van der Waals surface area contributed by atoms with Crippen molar-refractivity contribution in [2.45, 2.75) is 32.0 Å². The van der Waals surface area contributed by atoms with E-state index in [0.29, 0.717) is 41.7 Å². The second kappa shape index (κ2) is 9.68. The lowest BCUT2D eigenvalue weighted by Gasteiger charge is -2.11. The summed E-state index contributed by atoms with van der Waals surface area (Å²) in [4.78, 5) is 0. The van der Waals surface area contributed by atoms with Crippen LogP contribution in [0.5, 0.6) is 0 Å². The van der Waals surface area contributed by atoms with Gasteiger partial charge < -0.3 is 9.84 Å². The highest BCUT2D eigenvalue weighted by atomic mass is 19.2. The number of hydrogen-bond donors (Lipinski definition) is 1. The molecule has 1 saturated heterocycles. The number of aliphatic hydroxyl groups is 1. The molecular weight excluding hydrogens is 449 g/mol. The second-order valence-electron chi connectivity index (χ2n) is 8.96. The minimum absolute atomic E-state index is 0.0100.